The van der Waals surface area contributed by atoms with Crippen LogP contribution in [-0.2, 0) is 39.8 Å². The number of furan rings is 1. The van der Waals surface area contributed by atoms with Crippen molar-refractivity contribution in [1.82, 2.24) is 10.6 Å². The van der Waals surface area contributed by atoms with E-state index in [1.165, 1.54) is 12.8 Å². The van der Waals surface area contributed by atoms with Crippen LogP contribution in [0.4, 0.5) is 0 Å². The van der Waals surface area contributed by atoms with Gasteiger partial charge in [-0.25, -0.2) is 4.79 Å². The van der Waals surface area contributed by atoms with E-state index in [9.17, 15) is 19.5 Å². The lowest BCUT2D eigenvalue weighted by atomic mass is 9.34. The number of Topliss-reactive ketones (excluding diaryl/α,β-unsaturated/α-hetero) is 1. The number of aliphatic hydroxyl groups excluding tert-OH is 1. The first-order chi connectivity index (χ1) is 24.9. The molecule has 4 saturated carbocycles. The molecule has 9 fully saturated rings. The molecule has 13 atom stereocenters. The minimum Gasteiger partial charge on any atom is -0.469 e. The highest BCUT2D eigenvalue weighted by atomic mass is 16.7. The second kappa shape index (κ2) is 11.1. The van der Waals surface area contributed by atoms with Crippen molar-refractivity contribution in [3.63, 3.8) is 0 Å². The molecule has 0 aromatic carbocycles. The largest absolute Gasteiger partial charge is 0.469 e. The van der Waals surface area contributed by atoms with Gasteiger partial charge in [0.25, 0.3) is 0 Å². The number of unbranched alkanes of at least 4 members (excludes halogenated alkanes) is 3. The summed E-state index contributed by atoms with van der Waals surface area (Å²) in [6, 6.07) is 2.51. The molecule has 9 aliphatic rings. The van der Waals surface area contributed by atoms with E-state index in [4.69, 9.17) is 23.4 Å². The quantitative estimate of drug-likeness (QED) is 0.198. The maximum absolute atomic E-state index is 14.9. The Morgan fingerprint density at radius 3 is 2.50 bits per heavy atom. The van der Waals surface area contributed by atoms with Gasteiger partial charge in [0.1, 0.15) is 30.2 Å². The van der Waals surface area contributed by atoms with Crippen molar-refractivity contribution in [3.05, 3.63) is 23.7 Å². The zero-order valence-corrected chi connectivity index (χ0v) is 31.2. The van der Waals surface area contributed by atoms with Crippen LogP contribution < -0.4 is 10.6 Å². The highest BCUT2D eigenvalue weighted by Gasteiger charge is 2.93. The highest BCUT2D eigenvalue weighted by molar-refractivity contribution is 5.92. The van der Waals surface area contributed by atoms with Crippen molar-refractivity contribution in [2.45, 2.75) is 146 Å². The number of ketones is 1. The van der Waals surface area contributed by atoms with E-state index in [-0.39, 0.29) is 35.6 Å². The van der Waals surface area contributed by atoms with Crippen LogP contribution in [0.2, 0.25) is 0 Å². The van der Waals surface area contributed by atoms with E-state index in [1.807, 2.05) is 26.8 Å². The van der Waals surface area contributed by atoms with Crippen molar-refractivity contribution in [2.24, 2.45) is 45.3 Å². The van der Waals surface area contributed by atoms with E-state index < -0.39 is 69.7 Å². The molecule has 1 aromatic rings. The molecular weight excluding hydrogens is 664 g/mol. The average molecular weight is 721 g/mol. The van der Waals surface area contributed by atoms with Crippen molar-refractivity contribution in [2.75, 3.05) is 19.8 Å². The van der Waals surface area contributed by atoms with Crippen molar-refractivity contribution in [3.8, 4) is 0 Å². The Hall–Kier alpha value is -2.31. The minimum atomic E-state index is -1.39. The Labute approximate surface area is 306 Å². The number of carbonyl (C=O) groups excluding carboxylic acids is 3. The van der Waals surface area contributed by atoms with Gasteiger partial charge in [-0.05, 0) is 75.7 Å². The summed E-state index contributed by atoms with van der Waals surface area (Å²) in [5, 5.41) is 19.5. The summed E-state index contributed by atoms with van der Waals surface area (Å²) in [6.07, 6.45) is 9.86. The molecule has 0 radical (unpaired) electrons. The number of nitrogens with one attached hydrogen (secondary N) is 2. The summed E-state index contributed by atoms with van der Waals surface area (Å²) in [6.45, 7) is 10.1. The topological polar surface area (TPSA) is 149 Å². The zero-order valence-electron chi connectivity index (χ0n) is 31.2. The second-order valence-corrected chi connectivity index (χ2v) is 19.3. The standard InChI is InChI=1S/C41H56N2O9/c1-36(2)29-27(44)30(45)38(4)28-22(18-39(14-9-10-15-39)26-32(51-36)40(28,29)20-49-34(26)46)17-37(3)31(50-35(47)33-41(37,38)52-33)24-13-16-48-25(24)12-8-6-5-7-11-23-19-42-21-43-23/h13,16,22-23,26,28-33,42-43,45H,5-12,14-15,17-21H2,1-4H3/t22-,23-,26-,28-,29+,30+,31-,32-,33+,37-,38-,40+,41+/m0/s1. The van der Waals surface area contributed by atoms with Crippen molar-refractivity contribution in [1.29, 1.82) is 0 Å². The monoisotopic (exact) mass is 720 g/mol. The van der Waals surface area contributed by atoms with Gasteiger partial charge >= 0.3 is 11.9 Å². The van der Waals surface area contributed by atoms with Crippen LogP contribution in [0, 0.1) is 45.3 Å². The summed E-state index contributed by atoms with van der Waals surface area (Å²) in [7, 11) is 0. The van der Waals surface area contributed by atoms with Crippen LogP contribution >= 0.6 is 0 Å². The van der Waals surface area contributed by atoms with E-state index in [1.54, 1.807) is 6.26 Å². The number of aliphatic hydroxyl groups is 1. The zero-order chi connectivity index (χ0) is 36.1. The lowest BCUT2D eigenvalue weighted by Gasteiger charge is -2.68. The van der Waals surface area contributed by atoms with E-state index in [0.29, 0.717) is 12.5 Å². The molecule has 0 unspecified atom stereocenters. The number of hydrogen-bond donors (Lipinski definition) is 3. The third kappa shape index (κ3) is 4.03. The lowest BCUT2D eigenvalue weighted by Crippen LogP contribution is -2.77. The van der Waals surface area contributed by atoms with E-state index in [0.717, 1.165) is 82.3 Å². The molecule has 5 aliphatic heterocycles. The lowest BCUT2D eigenvalue weighted by molar-refractivity contribution is -0.266. The fourth-order valence-corrected chi connectivity index (χ4v) is 15.1. The molecule has 11 nitrogen and oxygen atoms in total. The number of cyclic esters (lactones) is 2. The Morgan fingerprint density at radius 1 is 0.942 bits per heavy atom. The number of carbonyl (C=O) groups is 3. The third-order valence-electron chi connectivity index (χ3n) is 16.6. The van der Waals surface area contributed by atoms with E-state index in [2.05, 4.69) is 17.6 Å². The third-order valence-corrected chi connectivity index (χ3v) is 16.6. The summed E-state index contributed by atoms with van der Waals surface area (Å²) >= 11 is 0. The number of ether oxygens (including phenoxy) is 4. The maximum atomic E-state index is 14.9. The molecule has 52 heavy (non-hydrogen) atoms. The van der Waals surface area contributed by atoms with Crippen LogP contribution in [-0.4, -0.2) is 78.2 Å². The summed E-state index contributed by atoms with van der Waals surface area (Å²) in [5.74, 6) is -1.50. The molecular formula is C41H56N2O9. The second-order valence-electron chi connectivity index (χ2n) is 19.3. The van der Waals surface area contributed by atoms with Gasteiger partial charge in [-0.3, -0.25) is 9.59 Å². The normalized spacial score (nSPS) is 48.8. The van der Waals surface area contributed by atoms with Crippen molar-refractivity contribution < 1.29 is 42.9 Å². The molecule has 1 aromatic heterocycles. The summed E-state index contributed by atoms with van der Waals surface area (Å²) < 4.78 is 32.6. The molecule has 11 heteroatoms. The van der Waals surface area contributed by atoms with Crippen LogP contribution in [0.3, 0.4) is 0 Å². The molecule has 0 amide bonds. The first-order valence-electron chi connectivity index (χ1n) is 20.3. The first-order valence-corrected chi connectivity index (χ1v) is 20.3. The molecule has 4 aliphatic carbocycles. The molecule has 6 heterocycles. The fourth-order valence-electron chi connectivity index (χ4n) is 15.1. The predicted octanol–water partition coefficient (Wildman–Crippen LogP) is 4.54. The van der Waals surface area contributed by atoms with Gasteiger partial charge in [0, 0.05) is 47.5 Å². The Balaban J connectivity index is 1.05. The molecule has 10 rings (SSSR count). The number of aryl methyl sites for hydroxylation is 1. The van der Waals surface area contributed by atoms with Gasteiger partial charge in [0.05, 0.1) is 29.8 Å². The minimum absolute atomic E-state index is 0.00698. The average Bonchev–Trinajstić information content (AvgIpc) is 3.51. The highest BCUT2D eigenvalue weighted by Crippen LogP contribution is 2.83. The number of epoxide rings is 1. The smallest absolute Gasteiger partial charge is 0.339 e. The van der Waals surface area contributed by atoms with Gasteiger partial charge in [0.2, 0.25) is 0 Å². The Morgan fingerprint density at radius 2 is 1.73 bits per heavy atom. The van der Waals surface area contributed by atoms with Crippen LogP contribution in [0.25, 0.3) is 0 Å². The van der Waals surface area contributed by atoms with Gasteiger partial charge in [-0.15, -0.1) is 0 Å². The van der Waals surface area contributed by atoms with E-state index >= 15 is 0 Å². The number of esters is 2. The summed E-state index contributed by atoms with van der Waals surface area (Å²) in [4.78, 5) is 43.1. The molecule has 3 spiro atoms. The maximum Gasteiger partial charge on any atom is 0.339 e. The molecule has 284 valence electrons. The SMILES string of the molecule is CC1(C)O[C@H]2[C@H]3C(=O)OC[C@@]24[C@@H]1C(=O)[C@@H](O)[C@]1(C)[C@@H]4[C@H](CC32CCCC2)C[C@@]2(C)[C@H](c3ccoc3CCCCCC[C@H]3CNCN3)OC(=O)[C@H]3O[C@@]312. The van der Waals surface area contributed by atoms with Gasteiger partial charge in [-0.2, -0.15) is 0 Å². The molecule has 3 N–H and O–H groups in total. The van der Waals surface area contributed by atoms with Gasteiger partial charge < -0.3 is 39.1 Å². The fraction of sp³-hybridized carbons (Fsp3) is 0.829. The molecule has 5 saturated heterocycles. The Kier molecular flexibility index (Phi) is 7.33. The van der Waals surface area contributed by atoms with Gasteiger partial charge in [-0.1, -0.05) is 46.0 Å². The first kappa shape index (κ1) is 34.2. The van der Waals surface area contributed by atoms with Gasteiger partial charge in [0.15, 0.2) is 11.9 Å². The number of hydrogen-bond acceptors (Lipinski definition) is 11. The van der Waals surface area contributed by atoms with Crippen LogP contribution in [0.15, 0.2) is 16.7 Å². The number of rotatable bonds is 8. The Bertz CT molecular complexity index is 1680. The van der Waals surface area contributed by atoms with Crippen molar-refractivity contribution >= 4 is 17.7 Å². The van der Waals surface area contributed by atoms with Crippen LogP contribution in [0.5, 0.6) is 0 Å². The molecule has 2 bridgehead atoms. The number of fused-ring (bicyclic) bond motifs is 1. The summed E-state index contributed by atoms with van der Waals surface area (Å²) in [5.41, 5.74) is -4.29. The predicted molar refractivity (Wildman–Crippen MR) is 185 cm³/mol. The van der Waals surface area contributed by atoms with Crippen LogP contribution in [0.1, 0.15) is 116 Å².